The number of thioether (sulfide) groups is 1. The number of rotatable bonds is 4. The first-order valence-corrected chi connectivity index (χ1v) is 8.07. The van der Waals surface area contributed by atoms with Gasteiger partial charge in [-0.3, -0.25) is 0 Å². The fourth-order valence-corrected chi connectivity index (χ4v) is 4.09. The molecule has 100 valence electrons. The molecule has 1 unspecified atom stereocenters. The van der Waals surface area contributed by atoms with Crippen molar-refractivity contribution < 1.29 is 0 Å². The molecule has 2 heteroatoms. The van der Waals surface area contributed by atoms with Crippen LogP contribution in [0.2, 0.25) is 0 Å². The molecule has 1 saturated carbocycles. The lowest BCUT2D eigenvalue weighted by Gasteiger charge is -2.18. The van der Waals surface area contributed by atoms with Crippen molar-refractivity contribution in [1.29, 1.82) is 0 Å². The van der Waals surface area contributed by atoms with Crippen LogP contribution in [0.5, 0.6) is 0 Å². The maximum atomic E-state index is 6.37. The standard InChI is InChI=1S/C16H25NS/c1-11-8-13(3)15(9-12(11)2)16(17)10-18-14-6-4-5-7-14/h8-9,14,16H,4-7,10,17H2,1-3H3. The number of hydrogen-bond donors (Lipinski definition) is 1. The molecule has 1 aromatic carbocycles. The fraction of sp³-hybridized carbons (Fsp3) is 0.625. The molecule has 0 aliphatic heterocycles. The summed E-state index contributed by atoms with van der Waals surface area (Å²) in [6.07, 6.45) is 5.61. The Balaban J connectivity index is 1.99. The zero-order valence-corrected chi connectivity index (χ0v) is 12.6. The molecule has 0 aromatic heterocycles. The highest BCUT2D eigenvalue weighted by atomic mass is 32.2. The molecule has 1 aliphatic rings. The molecule has 1 nitrogen and oxygen atoms in total. The van der Waals surface area contributed by atoms with Crippen LogP contribution in [0, 0.1) is 20.8 Å². The van der Waals surface area contributed by atoms with Gasteiger partial charge >= 0.3 is 0 Å². The normalized spacial score (nSPS) is 18.2. The molecule has 0 amide bonds. The number of nitrogens with two attached hydrogens (primary N) is 1. The Labute approximate surface area is 116 Å². The first kappa shape index (κ1) is 14.0. The first-order chi connectivity index (χ1) is 8.58. The van der Waals surface area contributed by atoms with Gasteiger partial charge in [0, 0.05) is 17.0 Å². The third kappa shape index (κ3) is 3.30. The van der Waals surface area contributed by atoms with E-state index in [-0.39, 0.29) is 6.04 Å². The summed E-state index contributed by atoms with van der Waals surface area (Å²) in [5.41, 5.74) is 11.8. The average molecular weight is 263 g/mol. The summed E-state index contributed by atoms with van der Waals surface area (Å²) < 4.78 is 0. The van der Waals surface area contributed by atoms with Crippen LogP contribution in [-0.2, 0) is 0 Å². The van der Waals surface area contributed by atoms with Crippen LogP contribution in [0.3, 0.4) is 0 Å². The van der Waals surface area contributed by atoms with Gasteiger partial charge in [0.05, 0.1) is 0 Å². The molecule has 18 heavy (non-hydrogen) atoms. The molecular formula is C16H25NS. The van der Waals surface area contributed by atoms with Gasteiger partial charge in [-0.05, 0) is 55.9 Å². The summed E-state index contributed by atoms with van der Waals surface area (Å²) in [5, 5.41) is 0.864. The van der Waals surface area contributed by atoms with E-state index in [1.54, 1.807) is 0 Å². The van der Waals surface area contributed by atoms with Gasteiger partial charge in [0.2, 0.25) is 0 Å². The van der Waals surface area contributed by atoms with Gasteiger partial charge in [-0.15, -0.1) is 0 Å². The summed E-state index contributed by atoms with van der Waals surface area (Å²) in [5.74, 6) is 1.06. The third-order valence-electron chi connectivity index (χ3n) is 4.10. The Morgan fingerprint density at radius 3 is 2.39 bits per heavy atom. The largest absolute Gasteiger partial charge is 0.323 e. The van der Waals surface area contributed by atoms with E-state index in [1.165, 1.54) is 47.9 Å². The molecule has 2 rings (SSSR count). The molecule has 0 radical (unpaired) electrons. The molecule has 0 bridgehead atoms. The summed E-state index contributed by atoms with van der Waals surface area (Å²) in [6, 6.07) is 4.74. The highest BCUT2D eigenvalue weighted by Gasteiger charge is 2.18. The second-order valence-corrected chi connectivity index (χ2v) is 6.97. The van der Waals surface area contributed by atoms with E-state index < -0.39 is 0 Å². The van der Waals surface area contributed by atoms with Gasteiger partial charge in [-0.25, -0.2) is 0 Å². The number of hydrogen-bond acceptors (Lipinski definition) is 2. The predicted octanol–water partition coefficient (Wildman–Crippen LogP) is 4.29. The van der Waals surface area contributed by atoms with Crippen molar-refractivity contribution >= 4 is 11.8 Å². The van der Waals surface area contributed by atoms with Gasteiger partial charge in [0.1, 0.15) is 0 Å². The highest BCUT2D eigenvalue weighted by molar-refractivity contribution is 7.99. The van der Waals surface area contributed by atoms with Gasteiger partial charge in [-0.1, -0.05) is 25.0 Å². The van der Waals surface area contributed by atoms with Crippen LogP contribution in [0.25, 0.3) is 0 Å². The van der Waals surface area contributed by atoms with Crippen molar-refractivity contribution in [3.8, 4) is 0 Å². The van der Waals surface area contributed by atoms with Gasteiger partial charge in [0.25, 0.3) is 0 Å². The van der Waals surface area contributed by atoms with Crippen molar-refractivity contribution in [3.63, 3.8) is 0 Å². The Morgan fingerprint density at radius 2 is 1.72 bits per heavy atom. The van der Waals surface area contributed by atoms with Crippen molar-refractivity contribution in [3.05, 3.63) is 34.4 Å². The van der Waals surface area contributed by atoms with Crippen molar-refractivity contribution in [2.24, 2.45) is 5.73 Å². The van der Waals surface area contributed by atoms with Crippen molar-refractivity contribution in [2.45, 2.75) is 57.7 Å². The van der Waals surface area contributed by atoms with E-state index in [9.17, 15) is 0 Å². The topological polar surface area (TPSA) is 26.0 Å². The minimum Gasteiger partial charge on any atom is -0.323 e. The lowest BCUT2D eigenvalue weighted by Crippen LogP contribution is -2.16. The van der Waals surface area contributed by atoms with Crippen LogP contribution in [0.1, 0.15) is 54.0 Å². The Kier molecular flexibility index (Phi) is 4.74. The summed E-state index contributed by atoms with van der Waals surface area (Å²) in [7, 11) is 0. The van der Waals surface area contributed by atoms with E-state index in [0.717, 1.165) is 11.0 Å². The molecule has 2 N–H and O–H groups in total. The quantitative estimate of drug-likeness (QED) is 0.877. The Bertz CT molecular complexity index is 408. The smallest absolute Gasteiger partial charge is 0.0389 e. The van der Waals surface area contributed by atoms with Gasteiger partial charge < -0.3 is 5.73 Å². The monoisotopic (exact) mass is 263 g/mol. The maximum absolute atomic E-state index is 6.37. The molecule has 1 aromatic rings. The van der Waals surface area contributed by atoms with Gasteiger partial charge in [0.15, 0.2) is 0 Å². The average Bonchev–Trinajstić information content (AvgIpc) is 2.84. The summed E-state index contributed by atoms with van der Waals surface area (Å²) >= 11 is 2.08. The van der Waals surface area contributed by atoms with Crippen LogP contribution < -0.4 is 5.73 Å². The maximum Gasteiger partial charge on any atom is 0.0389 e. The van der Waals surface area contributed by atoms with Crippen molar-refractivity contribution in [2.75, 3.05) is 5.75 Å². The molecule has 1 atom stereocenters. The van der Waals surface area contributed by atoms with Crippen LogP contribution in [-0.4, -0.2) is 11.0 Å². The highest BCUT2D eigenvalue weighted by Crippen LogP contribution is 2.32. The minimum atomic E-state index is 0.190. The van der Waals surface area contributed by atoms with E-state index in [1.807, 2.05) is 0 Å². The van der Waals surface area contributed by atoms with E-state index in [2.05, 4.69) is 44.7 Å². The molecular weight excluding hydrogens is 238 g/mol. The zero-order valence-electron chi connectivity index (χ0n) is 11.8. The number of aryl methyl sites for hydroxylation is 3. The van der Waals surface area contributed by atoms with Crippen molar-refractivity contribution in [1.82, 2.24) is 0 Å². The first-order valence-electron chi connectivity index (χ1n) is 7.03. The van der Waals surface area contributed by atoms with E-state index in [4.69, 9.17) is 5.73 Å². The minimum absolute atomic E-state index is 0.190. The Morgan fingerprint density at radius 1 is 1.11 bits per heavy atom. The lowest BCUT2D eigenvalue weighted by atomic mass is 9.97. The molecule has 0 spiro atoms. The van der Waals surface area contributed by atoms with Crippen LogP contribution in [0.4, 0.5) is 0 Å². The van der Waals surface area contributed by atoms with Gasteiger partial charge in [-0.2, -0.15) is 11.8 Å². The third-order valence-corrected chi connectivity index (χ3v) is 5.59. The summed E-state index contributed by atoms with van der Waals surface area (Å²) in [6.45, 7) is 6.53. The molecule has 1 fully saturated rings. The summed E-state index contributed by atoms with van der Waals surface area (Å²) in [4.78, 5) is 0. The second kappa shape index (κ2) is 6.12. The molecule has 0 heterocycles. The number of benzene rings is 1. The zero-order chi connectivity index (χ0) is 13.1. The van der Waals surface area contributed by atoms with Crippen LogP contribution >= 0.6 is 11.8 Å². The predicted molar refractivity (Wildman–Crippen MR) is 82.3 cm³/mol. The lowest BCUT2D eigenvalue weighted by molar-refractivity contribution is 0.810. The van der Waals surface area contributed by atoms with E-state index >= 15 is 0 Å². The molecule has 1 aliphatic carbocycles. The van der Waals surface area contributed by atoms with E-state index in [0.29, 0.717) is 0 Å². The fourth-order valence-electron chi connectivity index (χ4n) is 2.77. The van der Waals surface area contributed by atoms with Crippen LogP contribution in [0.15, 0.2) is 12.1 Å². The Hall–Kier alpha value is -0.470. The molecule has 0 saturated heterocycles. The SMILES string of the molecule is Cc1cc(C)c(C(N)CSC2CCCC2)cc1C. The second-order valence-electron chi connectivity index (χ2n) is 5.64.